The number of aromatic nitrogens is 2. The van der Waals surface area contributed by atoms with Crippen molar-refractivity contribution < 1.29 is 5.11 Å². The molecule has 1 aliphatic rings. The molecular formula is C13H18N4O. The quantitative estimate of drug-likeness (QED) is 0.848. The first-order valence-electron chi connectivity index (χ1n) is 6.30. The molecule has 1 aliphatic carbocycles. The van der Waals surface area contributed by atoms with Crippen LogP contribution in [0.3, 0.4) is 0 Å². The Morgan fingerprint density at radius 1 is 1.67 bits per heavy atom. The molecule has 1 aromatic rings. The zero-order chi connectivity index (χ0) is 13.0. The van der Waals surface area contributed by atoms with Gasteiger partial charge >= 0.3 is 0 Å². The molecule has 0 radical (unpaired) electrons. The van der Waals surface area contributed by atoms with Crippen molar-refractivity contribution in [2.24, 2.45) is 5.92 Å². The first kappa shape index (κ1) is 12.8. The van der Waals surface area contributed by atoms with Crippen LogP contribution in [0.5, 0.6) is 0 Å². The largest absolute Gasteiger partial charge is 0.394 e. The fraction of sp³-hybridized carbons (Fsp3) is 0.615. The van der Waals surface area contributed by atoms with E-state index >= 15 is 0 Å². The third kappa shape index (κ3) is 2.59. The zero-order valence-corrected chi connectivity index (χ0v) is 10.6. The van der Waals surface area contributed by atoms with Crippen LogP contribution in [0.1, 0.15) is 38.2 Å². The Morgan fingerprint density at radius 2 is 2.50 bits per heavy atom. The van der Waals surface area contributed by atoms with Gasteiger partial charge in [-0.2, -0.15) is 10.4 Å². The molecule has 5 nitrogen and oxygen atoms in total. The van der Waals surface area contributed by atoms with E-state index in [1.54, 1.807) is 6.07 Å². The second-order valence-electron chi connectivity index (χ2n) is 5.17. The summed E-state index contributed by atoms with van der Waals surface area (Å²) in [7, 11) is 0. The van der Waals surface area contributed by atoms with Gasteiger partial charge in [0, 0.05) is 0 Å². The van der Waals surface area contributed by atoms with Crippen LogP contribution in [0.2, 0.25) is 0 Å². The summed E-state index contributed by atoms with van der Waals surface area (Å²) in [6, 6.07) is 3.72. The Kier molecular flexibility index (Phi) is 3.78. The molecule has 2 N–H and O–H groups in total. The maximum absolute atomic E-state index is 9.69. The normalized spacial score (nSPS) is 27.5. The van der Waals surface area contributed by atoms with Gasteiger partial charge in [-0.25, -0.2) is 0 Å². The molecule has 0 spiro atoms. The van der Waals surface area contributed by atoms with Gasteiger partial charge < -0.3 is 10.4 Å². The van der Waals surface area contributed by atoms with E-state index in [0.29, 0.717) is 17.3 Å². The van der Waals surface area contributed by atoms with Crippen LogP contribution in [0.15, 0.2) is 12.3 Å². The van der Waals surface area contributed by atoms with Crippen LogP contribution in [-0.2, 0) is 0 Å². The Morgan fingerprint density at radius 3 is 3.17 bits per heavy atom. The van der Waals surface area contributed by atoms with Crippen LogP contribution in [0, 0.1) is 17.2 Å². The summed E-state index contributed by atoms with van der Waals surface area (Å²) in [4.78, 5) is 0. The molecule has 0 saturated heterocycles. The first-order valence-corrected chi connectivity index (χ1v) is 6.30. The fourth-order valence-electron chi connectivity index (χ4n) is 2.72. The highest BCUT2D eigenvalue weighted by Gasteiger charge is 2.35. The molecule has 1 heterocycles. The smallest absolute Gasteiger partial charge is 0.167 e. The van der Waals surface area contributed by atoms with Crippen LogP contribution in [0.25, 0.3) is 0 Å². The predicted molar refractivity (Wildman–Crippen MR) is 67.8 cm³/mol. The Hall–Kier alpha value is -1.67. The van der Waals surface area contributed by atoms with Gasteiger partial charge in [-0.05, 0) is 24.8 Å². The minimum absolute atomic E-state index is 0.0543. The summed E-state index contributed by atoms with van der Waals surface area (Å²) >= 11 is 0. The van der Waals surface area contributed by atoms with Gasteiger partial charge in [0.05, 0.1) is 23.9 Å². The van der Waals surface area contributed by atoms with E-state index in [4.69, 9.17) is 5.26 Å². The number of aliphatic hydroxyl groups is 1. The van der Waals surface area contributed by atoms with Gasteiger partial charge in [0.1, 0.15) is 6.07 Å². The highest BCUT2D eigenvalue weighted by molar-refractivity contribution is 5.52. The summed E-state index contributed by atoms with van der Waals surface area (Å²) in [6.45, 7) is 2.24. The van der Waals surface area contributed by atoms with Gasteiger partial charge in [0.15, 0.2) is 5.82 Å². The van der Waals surface area contributed by atoms with E-state index in [1.165, 1.54) is 12.6 Å². The van der Waals surface area contributed by atoms with Gasteiger partial charge in [0.25, 0.3) is 0 Å². The van der Waals surface area contributed by atoms with Crippen molar-refractivity contribution in [3.05, 3.63) is 17.8 Å². The molecule has 0 bridgehead atoms. The average molecular weight is 246 g/mol. The number of rotatable bonds is 3. The highest BCUT2D eigenvalue weighted by Crippen LogP contribution is 2.34. The summed E-state index contributed by atoms with van der Waals surface area (Å²) < 4.78 is 0. The molecule has 18 heavy (non-hydrogen) atoms. The molecule has 1 saturated carbocycles. The molecule has 5 heteroatoms. The second kappa shape index (κ2) is 5.32. The van der Waals surface area contributed by atoms with Crippen molar-refractivity contribution >= 4 is 5.82 Å². The lowest BCUT2D eigenvalue weighted by molar-refractivity contribution is 0.149. The van der Waals surface area contributed by atoms with Gasteiger partial charge in [-0.1, -0.05) is 19.8 Å². The number of nitrogens with one attached hydrogen (secondary N) is 1. The van der Waals surface area contributed by atoms with Crippen molar-refractivity contribution in [2.45, 2.75) is 38.1 Å². The molecule has 2 atom stereocenters. The summed E-state index contributed by atoms with van der Waals surface area (Å²) in [5.74, 6) is 1.05. The molecule has 1 fully saturated rings. The molecule has 0 aliphatic heterocycles. The van der Waals surface area contributed by atoms with E-state index in [0.717, 1.165) is 19.3 Å². The molecule has 1 aromatic heterocycles. The number of hydrogen-bond acceptors (Lipinski definition) is 5. The van der Waals surface area contributed by atoms with Crippen LogP contribution in [-0.4, -0.2) is 27.4 Å². The lowest BCUT2D eigenvalue weighted by Crippen LogP contribution is -2.46. The van der Waals surface area contributed by atoms with Gasteiger partial charge in [-0.3, -0.25) is 0 Å². The van der Waals surface area contributed by atoms with E-state index in [1.807, 2.05) is 0 Å². The fourth-order valence-corrected chi connectivity index (χ4v) is 2.72. The second-order valence-corrected chi connectivity index (χ2v) is 5.17. The summed E-state index contributed by atoms with van der Waals surface area (Å²) in [6.07, 6.45) is 5.56. The van der Waals surface area contributed by atoms with E-state index in [9.17, 15) is 5.11 Å². The van der Waals surface area contributed by atoms with Crippen LogP contribution in [0.4, 0.5) is 5.82 Å². The SMILES string of the molecule is CC1CCCC(CO)(Nc2nnccc2C#N)C1. The van der Waals surface area contributed by atoms with Gasteiger partial charge in [0.2, 0.25) is 0 Å². The topological polar surface area (TPSA) is 81.8 Å². The molecule has 2 unspecified atom stereocenters. The maximum Gasteiger partial charge on any atom is 0.167 e. The van der Waals surface area contributed by atoms with E-state index < -0.39 is 0 Å². The lowest BCUT2D eigenvalue weighted by atomic mass is 9.77. The van der Waals surface area contributed by atoms with Crippen molar-refractivity contribution in [3.63, 3.8) is 0 Å². The van der Waals surface area contributed by atoms with Crippen molar-refractivity contribution in [1.29, 1.82) is 5.26 Å². The third-order valence-corrected chi connectivity index (χ3v) is 3.62. The number of nitrogens with zero attached hydrogens (tertiary/aromatic N) is 3. The van der Waals surface area contributed by atoms with Crippen molar-refractivity contribution in [3.8, 4) is 6.07 Å². The zero-order valence-electron chi connectivity index (χ0n) is 10.6. The summed E-state index contributed by atoms with van der Waals surface area (Å²) in [5.41, 5.74) is 0.107. The highest BCUT2D eigenvalue weighted by atomic mass is 16.3. The molecule has 0 aromatic carbocycles. The molecule has 0 amide bonds. The maximum atomic E-state index is 9.69. The monoisotopic (exact) mass is 246 g/mol. The molecule has 96 valence electrons. The van der Waals surface area contributed by atoms with Crippen LogP contribution >= 0.6 is 0 Å². The Bertz CT molecular complexity index is 457. The number of aliphatic hydroxyl groups excluding tert-OH is 1. The molecular weight excluding hydrogens is 228 g/mol. The van der Waals surface area contributed by atoms with E-state index in [2.05, 4.69) is 28.5 Å². The van der Waals surface area contributed by atoms with Crippen molar-refractivity contribution in [2.75, 3.05) is 11.9 Å². The standard InChI is InChI=1S/C13H18N4O/c1-10-3-2-5-13(7-10,9-18)16-12-11(8-14)4-6-15-17-12/h4,6,10,18H,2-3,5,7,9H2,1H3,(H,16,17). The minimum atomic E-state index is -0.362. The molecule has 2 rings (SSSR count). The third-order valence-electron chi connectivity index (χ3n) is 3.62. The first-order chi connectivity index (χ1) is 8.69. The van der Waals surface area contributed by atoms with Crippen molar-refractivity contribution in [1.82, 2.24) is 10.2 Å². The average Bonchev–Trinajstić information content (AvgIpc) is 2.39. The Labute approximate surface area is 107 Å². The predicted octanol–water partition coefficient (Wildman–Crippen LogP) is 1.70. The lowest BCUT2D eigenvalue weighted by Gasteiger charge is -2.39. The number of anilines is 1. The van der Waals surface area contributed by atoms with E-state index in [-0.39, 0.29) is 12.1 Å². The number of nitriles is 1. The number of hydrogen-bond donors (Lipinski definition) is 2. The summed E-state index contributed by atoms with van der Waals surface area (Å²) in [5, 5.41) is 29.7. The van der Waals surface area contributed by atoms with Gasteiger partial charge in [-0.15, -0.1) is 5.10 Å². The van der Waals surface area contributed by atoms with Crippen LogP contribution < -0.4 is 5.32 Å². The Balaban J connectivity index is 2.22. The minimum Gasteiger partial charge on any atom is -0.394 e.